The van der Waals surface area contributed by atoms with E-state index in [0.29, 0.717) is 13.2 Å². The van der Waals surface area contributed by atoms with E-state index in [1.54, 1.807) is 0 Å². The summed E-state index contributed by atoms with van der Waals surface area (Å²) >= 11 is 3.60. The third-order valence-electron chi connectivity index (χ3n) is 3.13. The molecule has 0 atom stereocenters. The number of halogens is 1. The molecule has 2 aromatic carbocycles. The molecule has 0 aliphatic carbocycles. The maximum Gasteiger partial charge on any atom is 0.134 e. The molecule has 0 unspecified atom stereocenters. The van der Waals surface area contributed by atoms with Crippen molar-refractivity contribution in [3.8, 4) is 5.75 Å². The lowest BCUT2D eigenvalue weighted by molar-refractivity contribution is 0.304. The van der Waals surface area contributed by atoms with Crippen molar-refractivity contribution in [1.82, 2.24) is 0 Å². The van der Waals surface area contributed by atoms with Crippen molar-refractivity contribution in [2.45, 2.75) is 26.5 Å². The monoisotopic (exact) mass is 319 g/mol. The minimum Gasteiger partial charge on any atom is -0.488 e. The highest BCUT2D eigenvalue weighted by atomic mass is 79.9. The van der Waals surface area contributed by atoms with Crippen LogP contribution in [0.25, 0.3) is 0 Å². The van der Waals surface area contributed by atoms with Crippen LogP contribution in [0.15, 0.2) is 46.9 Å². The molecule has 0 bridgehead atoms. The number of ether oxygens (including phenoxy) is 1. The van der Waals surface area contributed by atoms with Crippen molar-refractivity contribution >= 4 is 15.9 Å². The number of nitrogens with two attached hydrogens (primary N) is 1. The van der Waals surface area contributed by atoms with E-state index in [9.17, 15) is 0 Å². The maximum absolute atomic E-state index is 5.86. The van der Waals surface area contributed by atoms with Gasteiger partial charge in [-0.2, -0.15) is 0 Å². The smallest absolute Gasteiger partial charge is 0.134 e. The van der Waals surface area contributed by atoms with Gasteiger partial charge in [0, 0.05) is 6.54 Å². The molecule has 100 valence electrons. The zero-order valence-corrected chi connectivity index (χ0v) is 12.6. The third-order valence-corrected chi connectivity index (χ3v) is 4.00. The first-order chi connectivity index (χ1) is 9.26. The quantitative estimate of drug-likeness (QED) is 0.902. The highest BCUT2D eigenvalue weighted by Crippen LogP contribution is 2.32. The van der Waals surface area contributed by atoms with Crippen LogP contribution < -0.4 is 10.5 Å². The van der Waals surface area contributed by atoms with Gasteiger partial charge in [-0.15, -0.1) is 0 Å². The molecular formula is C16H18BrNO. The Balaban J connectivity index is 2.17. The summed E-state index contributed by atoms with van der Waals surface area (Å²) in [5, 5.41) is 0. The summed E-state index contributed by atoms with van der Waals surface area (Å²) in [6, 6.07) is 14.2. The van der Waals surface area contributed by atoms with E-state index in [1.807, 2.05) is 24.3 Å². The van der Waals surface area contributed by atoms with Gasteiger partial charge in [-0.25, -0.2) is 0 Å². The van der Waals surface area contributed by atoms with E-state index in [1.165, 1.54) is 5.56 Å². The highest BCUT2D eigenvalue weighted by Gasteiger charge is 2.10. The SMILES string of the molecule is CCc1ccc(OCc2ccccc2)c(Br)c1CN. The Morgan fingerprint density at radius 1 is 1.11 bits per heavy atom. The summed E-state index contributed by atoms with van der Waals surface area (Å²) in [5.74, 6) is 0.849. The van der Waals surface area contributed by atoms with Gasteiger partial charge in [-0.3, -0.25) is 0 Å². The van der Waals surface area contributed by atoms with Gasteiger partial charge >= 0.3 is 0 Å². The average Bonchev–Trinajstić information content (AvgIpc) is 2.46. The van der Waals surface area contributed by atoms with Gasteiger partial charge in [0.05, 0.1) is 4.47 Å². The highest BCUT2D eigenvalue weighted by molar-refractivity contribution is 9.10. The Bertz CT molecular complexity index is 540. The topological polar surface area (TPSA) is 35.2 Å². The molecule has 2 N–H and O–H groups in total. The number of benzene rings is 2. The predicted molar refractivity (Wildman–Crippen MR) is 82.2 cm³/mol. The normalized spacial score (nSPS) is 10.5. The fourth-order valence-corrected chi connectivity index (χ4v) is 2.70. The van der Waals surface area contributed by atoms with Crippen molar-refractivity contribution in [3.63, 3.8) is 0 Å². The van der Waals surface area contributed by atoms with E-state index < -0.39 is 0 Å². The van der Waals surface area contributed by atoms with Crippen LogP contribution in [-0.2, 0) is 19.6 Å². The minimum absolute atomic E-state index is 0.520. The lowest BCUT2D eigenvalue weighted by atomic mass is 10.1. The van der Waals surface area contributed by atoms with Crippen LogP contribution >= 0.6 is 15.9 Å². The molecule has 2 nitrogen and oxygen atoms in total. The molecule has 0 saturated heterocycles. The molecule has 3 heteroatoms. The molecular weight excluding hydrogens is 302 g/mol. The predicted octanol–water partition coefficient (Wildman–Crippen LogP) is 4.05. The Labute approximate surface area is 122 Å². The Morgan fingerprint density at radius 3 is 2.47 bits per heavy atom. The summed E-state index contributed by atoms with van der Waals surface area (Å²) < 4.78 is 6.84. The first-order valence-electron chi connectivity index (χ1n) is 6.43. The van der Waals surface area contributed by atoms with Gasteiger partial charge in [0.25, 0.3) is 0 Å². The van der Waals surface area contributed by atoms with Gasteiger partial charge in [0.2, 0.25) is 0 Å². The Morgan fingerprint density at radius 2 is 1.84 bits per heavy atom. The van der Waals surface area contributed by atoms with Crippen LogP contribution in [0.1, 0.15) is 23.6 Å². The van der Waals surface area contributed by atoms with Gasteiger partial charge in [0.15, 0.2) is 0 Å². The zero-order chi connectivity index (χ0) is 13.7. The van der Waals surface area contributed by atoms with E-state index >= 15 is 0 Å². The molecule has 0 fully saturated rings. The molecule has 0 aliphatic heterocycles. The van der Waals surface area contributed by atoms with Crippen molar-refractivity contribution in [2.75, 3.05) is 0 Å². The van der Waals surface area contributed by atoms with Gasteiger partial charge < -0.3 is 10.5 Å². The number of rotatable bonds is 5. The number of hydrogen-bond donors (Lipinski definition) is 1. The van der Waals surface area contributed by atoms with Crippen LogP contribution in [0.5, 0.6) is 5.75 Å². The Hall–Kier alpha value is -1.32. The summed E-state index contributed by atoms with van der Waals surface area (Å²) in [4.78, 5) is 0. The average molecular weight is 320 g/mol. The third kappa shape index (κ3) is 3.37. The fraction of sp³-hybridized carbons (Fsp3) is 0.250. The second kappa shape index (κ2) is 6.73. The number of aryl methyl sites for hydroxylation is 1. The van der Waals surface area contributed by atoms with E-state index in [0.717, 1.165) is 27.8 Å². The van der Waals surface area contributed by atoms with Gasteiger partial charge in [-0.05, 0) is 45.1 Å². The van der Waals surface area contributed by atoms with Crippen LogP contribution in [0.4, 0.5) is 0 Å². The molecule has 0 aromatic heterocycles. The molecule has 19 heavy (non-hydrogen) atoms. The molecule has 0 saturated carbocycles. The van der Waals surface area contributed by atoms with Crippen molar-refractivity contribution < 1.29 is 4.74 Å². The second-order valence-corrected chi connectivity index (χ2v) is 5.14. The summed E-state index contributed by atoms with van der Waals surface area (Å²) in [6.07, 6.45) is 0.976. The van der Waals surface area contributed by atoms with Crippen molar-refractivity contribution in [1.29, 1.82) is 0 Å². The first kappa shape index (κ1) is 14.1. The summed E-state index contributed by atoms with van der Waals surface area (Å²) in [7, 11) is 0. The molecule has 2 rings (SSSR count). The van der Waals surface area contributed by atoms with Crippen molar-refractivity contribution in [2.24, 2.45) is 5.73 Å². The largest absolute Gasteiger partial charge is 0.488 e. The van der Waals surface area contributed by atoms with E-state index in [2.05, 4.69) is 41.1 Å². The molecule has 0 radical (unpaired) electrons. The molecule has 0 spiro atoms. The van der Waals surface area contributed by atoms with Crippen LogP contribution in [0, 0.1) is 0 Å². The van der Waals surface area contributed by atoms with E-state index in [-0.39, 0.29) is 0 Å². The summed E-state index contributed by atoms with van der Waals surface area (Å²) in [6.45, 7) is 3.21. The molecule has 0 amide bonds. The van der Waals surface area contributed by atoms with Crippen LogP contribution in [0.2, 0.25) is 0 Å². The second-order valence-electron chi connectivity index (χ2n) is 4.35. The molecule has 0 heterocycles. The number of hydrogen-bond acceptors (Lipinski definition) is 2. The maximum atomic E-state index is 5.86. The van der Waals surface area contributed by atoms with Gasteiger partial charge in [0.1, 0.15) is 12.4 Å². The fourth-order valence-electron chi connectivity index (χ4n) is 2.04. The lowest BCUT2D eigenvalue weighted by Gasteiger charge is -2.14. The van der Waals surface area contributed by atoms with Crippen molar-refractivity contribution in [3.05, 3.63) is 63.6 Å². The molecule has 0 aliphatic rings. The minimum atomic E-state index is 0.520. The van der Waals surface area contributed by atoms with Crippen LogP contribution in [-0.4, -0.2) is 0 Å². The van der Waals surface area contributed by atoms with Crippen LogP contribution in [0.3, 0.4) is 0 Å². The van der Waals surface area contributed by atoms with E-state index in [4.69, 9.17) is 10.5 Å². The lowest BCUT2D eigenvalue weighted by Crippen LogP contribution is -2.04. The first-order valence-corrected chi connectivity index (χ1v) is 7.22. The summed E-state index contributed by atoms with van der Waals surface area (Å²) in [5.41, 5.74) is 9.37. The molecule has 2 aromatic rings. The Kier molecular flexibility index (Phi) is 5.00. The zero-order valence-electron chi connectivity index (χ0n) is 11.0. The standard InChI is InChI=1S/C16H18BrNO/c1-2-13-8-9-15(16(17)14(13)10-18)19-11-12-6-4-3-5-7-12/h3-9H,2,10-11,18H2,1H3. The van der Waals surface area contributed by atoms with Gasteiger partial charge in [-0.1, -0.05) is 43.3 Å².